The molecule has 7 heteroatoms. The molecule has 0 radical (unpaired) electrons. The molecule has 1 N–H and O–H groups in total. The van der Waals surface area contributed by atoms with Crippen LogP contribution in [0.4, 0.5) is 5.82 Å². The lowest BCUT2D eigenvalue weighted by Crippen LogP contribution is -2.30. The van der Waals surface area contributed by atoms with Gasteiger partial charge in [-0.25, -0.2) is 4.63 Å². The largest absolute Gasteiger partial charge is 0.481 e. The van der Waals surface area contributed by atoms with Crippen molar-refractivity contribution in [3.63, 3.8) is 0 Å². The van der Waals surface area contributed by atoms with E-state index in [1.165, 1.54) is 0 Å². The van der Waals surface area contributed by atoms with Crippen LogP contribution in [-0.4, -0.2) is 22.3 Å². The van der Waals surface area contributed by atoms with Crippen LogP contribution in [0, 0.1) is 6.92 Å². The van der Waals surface area contributed by atoms with Crippen LogP contribution in [0.5, 0.6) is 5.75 Å². The average molecular weight is 326 g/mol. The van der Waals surface area contributed by atoms with Crippen molar-refractivity contribution in [2.24, 2.45) is 0 Å². The predicted molar refractivity (Wildman–Crippen MR) is 71.9 cm³/mol. The average Bonchev–Trinajstić information content (AvgIpc) is 2.75. The number of amides is 1. The highest BCUT2D eigenvalue weighted by Gasteiger charge is 2.17. The van der Waals surface area contributed by atoms with Crippen LogP contribution in [0.15, 0.2) is 33.4 Å². The molecular weight excluding hydrogens is 314 g/mol. The summed E-state index contributed by atoms with van der Waals surface area (Å²) in [5.41, 5.74) is 0.517. The van der Waals surface area contributed by atoms with Crippen molar-refractivity contribution < 1.29 is 14.2 Å². The molecule has 0 aliphatic heterocycles. The Bertz CT molecular complexity index is 585. The summed E-state index contributed by atoms with van der Waals surface area (Å²) in [6.07, 6.45) is -0.662. The highest BCUT2D eigenvalue weighted by atomic mass is 79.9. The van der Waals surface area contributed by atoms with Crippen molar-refractivity contribution in [3.8, 4) is 5.75 Å². The number of benzene rings is 1. The number of hydrogen-bond acceptors (Lipinski definition) is 5. The minimum absolute atomic E-state index is 0.301. The van der Waals surface area contributed by atoms with Crippen molar-refractivity contribution in [3.05, 3.63) is 34.4 Å². The Labute approximate surface area is 118 Å². The molecule has 2 rings (SSSR count). The van der Waals surface area contributed by atoms with E-state index in [1.54, 1.807) is 26.0 Å². The van der Waals surface area contributed by atoms with Gasteiger partial charge in [0.15, 0.2) is 11.9 Å². The summed E-state index contributed by atoms with van der Waals surface area (Å²) in [5.74, 6) is 0.584. The topological polar surface area (TPSA) is 77.3 Å². The first-order valence-electron chi connectivity index (χ1n) is 5.58. The number of aromatic nitrogens is 2. The molecule has 100 valence electrons. The van der Waals surface area contributed by atoms with E-state index in [2.05, 4.69) is 36.2 Å². The number of halogens is 1. The molecule has 0 aliphatic rings. The van der Waals surface area contributed by atoms with E-state index >= 15 is 0 Å². The van der Waals surface area contributed by atoms with Crippen LogP contribution in [-0.2, 0) is 4.79 Å². The Hall–Kier alpha value is -1.89. The molecule has 0 unspecified atom stereocenters. The lowest BCUT2D eigenvalue weighted by atomic mass is 10.3. The summed E-state index contributed by atoms with van der Waals surface area (Å²) in [7, 11) is 0. The molecule has 0 saturated carbocycles. The van der Waals surface area contributed by atoms with Gasteiger partial charge in [0.25, 0.3) is 5.91 Å². The third kappa shape index (κ3) is 3.54. The number of anilines is 1. The zero-order valence-electron chi connectivity index (χ0n) is 10.4. The first-order valence-corrected chi connectivity index (χ1v) is 6.38. The molecule has 2 aromatic rings. The number of rotatable bonds is 4. The second kappa shape index (κ2) is 5.83. The van der Waals surface area contributed by atoms with Crippen molar-refractivity contribution in [2.75, 3.05) is 5.32 Å². The molecule has 0 fully saturated rings. The maximum atomic E-state index is 11.9. The van der Waals surface area contributed by atoms with Gasteiger partial charge in [0.1, 0.15) is 11.4 Å². The molecule has 1 aromatic heterocycles. The maximum absolute atomic E-state index is 11.9. The zero-order chi connectivity index (χ0) is 13.8. The number of carbonyl (C=O) groups excluding carboxylic acids is 1. The van der Waals surface area contributed by atoms with Crippen LogP contribution < -0.4 is 10.1 Å². The number of aryl methyl sites for hydroxylation is 1. The van der Waals surface area contributed by atoms with E-state index in [0.29, 0.717) is 17.3 Å². The van der Waals surface area contributed by atoms with E-state index in [1.807, 2.05) is 12.1 Å². The molecule has 1 heterocycles. The fourth-order valence-electron chi connectivity index (χ4n) is 1.36. The van der Waals surface area contributed by atoms with Crippen molar-refractivity contribution in [1.29, 1.82) is 0 Å². The van der Waals surface area contributed by atoms with Crippen molar-refractivity contribution in [1.82, 2.24) is 10.3 Å². The molecule has 19 heavy (non-hydrogen) atoms. The molecule has 1 aromatic carbocycles. The maximum Gasteiger partial charge on any atom is 0.266 e. The molecule has 0 bridgehead atoms. The molecule has 0 saturated heterocycles. The summed E-state index contributed by atoms with van der Waals surface area (Å²) >= 11 is 3.34. The predicted octanol–water partition coefficient (Wildman–Crippen LogP) is 2.55. The quantitative estimate of drug-likeness (QED) is 0.934. The Morgan fingerprint density at radius 3 is 2.89 bits per heavy atom. The lowest BCUT2D eigenvalue weighted by Gasteiger charge is -2.13. The lowest BCUT2D eigenvalue weighted by molar-refractivity contribution is -0.122. The summed E-state index contributed by atoms with van der Waals surface area (Å²) < 4.78 is 10.9. The minimum Gasteiger partial charge on any atom is -0.481 e. The van der Waals surface area contributed by atoms with Gasteiger partial charge in [0.2, 0.25) is 0 Å². The monoisotopic (exact) mass is 325 g/mol. The first-order chi connectivity index (χ1) is 9.06. The molecular formula is C12H12BrN3O3. The summed E-state index contributed by atoms with van der Waals surface area (Å²) in [4.78, 5) is 11.9. The van der Waals surface area contributed by atoms with Crippen LogP contribution in [0.1, 0.15) is 12.6 Å². The van der Waals surface area contributed by atoms with E-state index in [9.17, 15) is 4.79 Å². The number of ether oxygens (including phenoxy) is 1. The van der Waals surface area contributed by atoms with Gasteiger partial charge in [-0.2, -0.15) is 0 Å². The molecule has 1 atom stereocenters. The molecule has 0 spiro atoms. The standard InChI is InChI=1S/C12H12BrN3O3/c1-7-11(16-19-15-7)14-12(17)8(2)18-10-5-3-4-9(13)6-10/h3-6,8H,1-2H3,(H,14,16,17)/t8-/m0/s1. The van der Waals surface area contributed by atoms with Crippen LogP contribution >= 0.6 is 15.9 Å². The number of carbonyl (C=O) groups is 1. The van der Waals surface area contributed by atoms with Gasteiger partial charge >= 0.3 is 0 Å². The van der Waals surface area contributed by atoms with E-state index in [-0.39, 0.29) is 5.91 Å². The Kier molecular flexibility index (Phi) is 4.16. The number of nitrogens with one attached hydrogen (secondary N) is 1. The van der Waals surface area contributed by atoms with Gasteiger partial charge in [0.05, 0.1) is 0 Å². The van der Waals surface area contributed by atoms with Gasteiger partial charge in [-0.1, -0.05) is 27.2 Å². The van der Waals surface area contributed by atoms with Gasteiger partial charge < -0.3 is 10.1 Å². The molecule has 6 nitrogen and oxygen atoms in total. The smallest absolute Gasteiger partial charge is 0.266 e. The Morgan fingerprint density at radius 1 is 1.47 bits per heavy atom. The van der Waals surface area contributed by atoms with Crippen molar-refractivity contribution in [2.45, 2.75) is 20.0 Å². The second-order valence-corrected chi connectivity index (χ2v) is 4.82. The third-order valence-corrected chi connectivity index (χ3v) is 2.87. The Morgan fingerprint density at radius 2 is 2.26 bits per heavy atom. The molecule has 0 aliphatic carbocycles. The highest BCUT2D eigenvalue weighted by molar-refractivity contribution is 9.10. The first kappa shape index (κ1) is 13.5. The van der Waals surface area contributed by atoms with E-state index in [0.717, 1.165) is 4.47 Å². The fraction of sp³-hybridized carbons (Fsp3) is 0.250. The van der Waals surface area contributed by atoms with Gasteiger partial charge in [-0.05, 0) is 37.2 Å². The van der Waals surface area contributed by atoms with Crippen molar-refractivity contribution >= 4 is 27.7 Å². The SMILES string of the molecule is Cc1nonc1NC(=O)[C@H](C)Oc1cccc(Br)c1. The van der Waals surface area contributed by atoms with Gasteiger partial charge in [-0.3, -0.25) is 4.79 Å². The van der Waals surface area contributed by atoms with Crippen LogP contribution in [0.2, 0.25) is 0 Å². The van der Waals surface area contributed by atoms with Crippen LogP contribution in [0.25, 0.3) is 0 Å². The van der Waals surface area contributed by atoms with E-state index in [4.69, 9.17) is 4.74 Å². The van der Waals surface area contributed by atoms with Gasteiger partial charge in [-0.15, -0.1) is 0 Å². The van der Waals surface area contributed by atoms with Crippen LogP contribution in [0.3, 0.4) is 0 Å². The number of nitrogens with zero attached hydrogens (tertiary/aromatic N) is 2. The summed E-state index contributed by atoms with van der Waals surface area (Å²) in [5, 5.41) is 9.74. The fourth-order valence-corrected chi connectivity index (χ4v) is 1.74. The minimum atomic E-state index is -0.662. The summed E-state index contributed by atoms with van der Waals surface area (Å²) in [6.45, 7) is 3.34. The highest BCUT2D eigenvalue weighted by Crippen LogP contribution is 2.19. The normalized spacial score (nSPS) is 11.9. The second-order valence-electron chi connectivity index (χ2n) is 3.90. The van der Waals surface area contributed by atoms with Gasteiger partial charge in [0, 0.05) is 4.47 Å². The summed E-state index contributed by atoms with van der Waals surface area (Å²) in [6, 6.07) is 7.27. The third-order valence-electron chi connectivity index (χ3n) is 2.37. The molecule has 1 amide bonds. The Balaban J connectivity index is 1.98. The number of hydrogen-bond donors (Lipinski definition) is 1. The zero-order valence-corrected chi connectivity index (χ0v) is 12.0. The van der Waals surface area contributed by atoms with E-state index < -0.39 is 6.10 Å².